The largest absolute Gasteiger partial charge is 0.493 e. The zero-order chi connectivity index (χ0) is 33.5. The predicted molar refractivity (Wildman–Crippen MR) is 186 cm³/mol. The van der Waals surface area contributed by atoms with Crippen LogP contribution in [0.5, 0.6) is 46.0 Å². The Kier molecular flexibility index (Phi) is 10.7. The molecule has 4 aromatic carbocycles. The Labute approximate surface area is 280 Å². The summed E-state index contributed by atoms with van der Waals surface area (Å²) >= 11 is 1.58. The lowest BCUT2D eigenvalue weighted by Crippen LogP contribution is -2.02. The van der Waals surface area contributed by atoms with E-state index in [-0.39, 0.29) is 0 Å². The highest BCUT2D eigenvalue weighted by Crippen LogP contribution is 2.58. The molecule has 246 valence electrons. The average molecular weight is 657 g/mol. The van der Waals surface area contributed by atoms with E-state index in [4.69, 9.17) is 37.9 Å². The molecule has 0 saturated carbocycles. The van der Waals surface area contributed by atoms with Crippen molar-refractivity contribution in [2.45, 2.75) is 27.1 Å². The van der Waals surface area contributed by atoms with Gasteiger partial charge in [0.1, 0.15) is 24.7 Å². The molecule has 0 aliphatic carbocycles. The van der Waals surface area contributed by atoms with Gasteiger partial charge in [-0.1, -0.05) is 60.7 Å². The number of rotatable bonds is 14. The van der Waals surface area contributed by atoms with Crippen LogP contribution in [0.3, 0.4) is 0 Å². The Morgan fingerprint density at radius 1 is 0.447 bits per heavy atom. The number of thiophene rings is 1. The van der Waals surface area contributed by atoms with Crippen LogP contribution >= 0.6 is 11.3 Å². The lowest BCUT2D eigenvalue weighted by atomic mass is 10.0. The summed E-state index contributed by atoms with van der Waals surface area (Å²) in [6.07, 6.45) is 0. The molecule has 0 fully saturated rings. The number of methoxy groups -OCH3 is 6. The van der Waals surface area contributed by atoms with Gasteiger partial charge >= 0.3 is 0 Å². The maximum Gasteiger partial charge on any atom is 0.204 e. The van der Waals surface area contributed by atoms with Crippen LogP contribution in [-0.2, 0) is 13.2 Å². The summed E-state index contributed by atoms with van der Waals surface area (Å²) in [7, 11) is 9.61. The molecule has 5 aromatic rings. The zero-order valence-corrected chi connectivity index (χ0v) is 28.8. The van der Waals surface area contributed by atoms with Gasteiger partial charge in [-0.3, -0.25) is 0 Å². The van der Waals surface area contributed by atoms with E-state index in [1.165, 1.54) is 0 Å². The monoisotopic (exact) mass is 656 g/mol. The number of hydrogen-bond donors (Lipinski definition) is 0. The number of benzene rings is 4. The van der Waals surface area contributed by atoms with Crippen LogP contribution in [0.15, 0.2) is 72.8 Å². The minimum Gasteiger partial charge on any atom is -0.493 e. The molecule has 0 radical (unpaired) electrons. The van der Waals surface area contributed by atoms with Crippen LogP contribution in [0.25, 0.3) is 20.9 Å². The van der Waals surface area contributed by atoms with E-state index in [1.54, 1.807) is 54.0 Å². The maximum atomic E-state index is 6.50. The van der Waals surface area contributed by atoms with Crippen LogP contribution < -0.4 is 37.9 Å². The van der Waals surface area contributed by atoms with Gasteiger partial charge in [0, 0.05) is 21.9 Å². The Hall–Kier alpha value is -5.02. The van der Waals surface area contributed by atoms with Gasteiger partial charge < -0.3 is 37.9 Å². The molecule has 1 heterocycles. The minimum absolute atomic E-state index is 0.351. The van der Waals surface area contributed by atoms with Crippen LogP contribution in [0.4, 0.5) is 0 Å². The van der Waals surface area contributed by atoms with E-state index in [9.17, 15) is 0 Å². The third kappa shape index (κ3) is 6.62. The highest BCUT2D eigenvalue weighted by molar-refractivity contribution is 7.19. The standard InChI is InChI=1S/C38H40O8S/c1-23-24(2)38(32-28(46-22-26-17-13-10-14-18-26)20-30(40-4)34(42-6)36(32)44-8)47-37(23)31-27(45-21-25-15-11-9-12-16-25)19-29(39-3)33(41-5)35(31)43-7/h9-20H,21-22H2,1-8H3. The predicted octanol–water partition coefficient (Wildman–Crippen LogP) is 8.91. The van der Waals surface area contributed by atoms with Crippen molar-refractivity contribution < 1.29 is 37.9 Å². The van der Waals surface area contributed by atoms with Gasteiger partial charge in [-0.15, -0.1) is 11.3 Å². The van der Waals surface area contributed by atoms with Crippen LogP contribution in [0, 0.1) is 13.8 Å². The van der Waals surface area contributed by atoms with E-state index in [2.05, 4.69) is 13.8 Å². The molecule has 0 N–H and O–H groups in total. The second kappa shape index (κ2) is 15.0. The highest BCUT2D eigenvalue weighted by Gasteiger charge is 2.31. The first-order valence-corrected chi connectivity index (χ1v) is 15.8. The first-order chi connectivity index (χ1) is 22.9. The van der Waals surface area contributed by atoms with Gasteiger partial charge in [-0.2, -0.15) is 0 Å². The molecule has 47 heavy (non-hydrogen) atoms. The summed E-state index contributed by atoms with van der Waals surface area (Å²) in [6.45, 7) is 4.87. The molecule has 0 spiro atoms. The number of ether oxygens (including phenoxy) is 8. The van der Waals surface area contributed by atoms with E-state index in [0.29, 0.717) is 59.2 Å². The Balaban J connectivity index is 1.73. The molecule has 0 atom stereocenters. The summed E-state index contributed by atoms with van der Waals surface area (Å²) < 4.78 is 48.1. The van der Waals surface area contributed by atoms with E-state index in [0.717, 1.165) is 43.1 Å². The summed E-state index contributed by atoms with van der Waals surface area (Å²) in [4.78, 5) is 1.87. The molecule has 0 aliphatic rings. The molecular formula is C38H40O8S. The third-order valence-electron chi connectivity index (χ3n) is 7.96. The fourth-order valence-electron chi connectivity index (χ4n) is 5.47. The van der Waals surface area contributed by atoms with Crippen LogP contribution in [0.2, 0.25) is 0 Å². The van der Waals surface area contributed by atoms with Crippen molar-refractivity contribution in [2.75, 3.05) is 42.7 Å². The second-order valence-corrected chi connectivity index (χ2v) is 11.6. The van der Waals surface area contributed by atoms with Gasteiger partial charge in [0.25, 0.3) is 0 Å². The summed E-state index contributed by atoms with van der Waals surface area (Å²) in [6, 6.07) is 23.7. The van der Waals surface area contributed by atoms with Crippen molar-refractivity contribution >= 4 is 11.3 Å². The summed E-state index contributed by atoms with van der Waals surface area (Å²) in [5.74, 6) is 4.15. The SMILES string of the molecule is COc1cc(OCc2ccccc2)c(-c2sc(-c3c(OCc4ccccc4)cc(OC)c(OC)c3OC)c(C)c2C)c(OC)c1OC. The van der Waals surface area contributed by atoms with Crippen molar-refractivity contribution in [1.82, 2.24) is 0 Å². The molecule has 0 bridgehead atoms. The maximum absolute atomic E-state index is 6.50. The average Bonchev–Trinajstić information content (AvgIpc) is 3.41. The van der Waals surface area contributed by atoms with Crippen LogP contribution in [-0.4, -0.2) is 42.7 Å². The Morgan fingerprint density at radius 2 is 0.809 bits per heavy atom. The quantitative estimate of drug-likeness (QED) is 0.117. The molecular weight excluding hydrogens is 616 g/mol. The van der Waals surface area contributed by atoms with Crippen LogP contribution in [0.1, 0.15) is 22.3 Å². The molecule has 8 nitrogen and oxygen atoms in total. The normalized spacial score (nSPS) is 10.7. The van der Waals surface area contributed by atoms with Crippen molar-refractivity contribution in [2.24, 2.45) is 0 Å². The first kappa shape index (κ1) is 33.3. The molecule has 1 aromatic heterocycles. The fraction of sp³-hybridized carbons (Fsp3) is 0.263. The Morgan fingerprint density at radius 3 is 1.13 bits per heavy atom. The van der Waals surface area contributed by atoms with Gasteiger partial charge in [-0.25, -0.2) is 0 Å². The van der Waals surface area contributed by atoms with Crippen molar-refractivity contribution in [1.29, 1.82) is 0 Å². The van der Waals surface area contributed by atoms with E-state index in [1.807, 2.05) is 72.8 Å². The van der Waals surface area contributed by atoms with Gasteiger partial charge in [0.15, 0.2) is 23.0 Å². The molecule has 0 amide bonds. The lowest BCUT2D eigenvalue weighted by Gasteiger charge is -2.20. The minimum atomic E-state index is 0.351. The van der Waals surface area contributed by atoms with Gasteiger partial charge in [0.2, 0.25) is 11.5 Å². The Bertz CT molecular complexity index is 1680. The fourth-order valence-corrected chi connectivity index (χ4v) is 6.88. The van der Waals surface area contributed by atoms with Crippen molar-refractivity contribution in [3.8, 4) is 66.9 Å². The molecule has 5 rings (SSSR count). The molecule has 0 unspecified atom stereocenters. The van der Waals surface area contributed by atoms with Gasteiger partial charge in [-0.05, 0) is 36.1 Å². The van der Waals surface area contributed by atoms with Crippen molar-refractivity contribution in [3.63, 3.8) is 0 Å². The zero-order valence-electron chi connectivity index (χ0n) is 28.0. The molecule has 0 saturated heterocycles. The summed E-state index contributed by atoms with van der Waals surface area (Å²) in [5.41, 5.74) is 5.63. The first-order valence-electron chi connectivity index (χ1n) is 15.0. The molecule has 9 heteroatoms. The third-order valence-corrected chi connectivity index (χ3v) is 9.39. The number of hydrogen-bond acceptors (Lipinski definition) is 9. The van der Waals surface area contributed by atoms with E-state index < -0.39 is 0 Å². The lowest BCUT2D eigenvalue weighted by molar-refractivity contribution is 0.293. The molecule has 0 aliphatic heterocycles. The second-order valence-electron chi connectivity index (χ2n) is 10.6. The topological polar surface area (TPSA) is 73.8 Å². The van der Waals surface area contributed by atoms with E-state index >= 15 is 0 Å². The smallest absolute Gasteiger partial charge is 0.204 e. The van der Waals surface area contributed by atoms with Gasteiger partial charge in [0.05, 0.1) is 53.8 Å². The van der Waals surface area contributed by atoms with Crippen molar-refractivity contribution in [3.05, 3.63) is 95.1 Å². The summed E-state index contributed by atoms with van der Waals surface area (Å²) in [5, 5.41) is 0. The highest BCUT2D eigenvalue weighted by atomic mass is 32.1.